The van der Waals surface area contributed by atoms with E-state index in [4.69, 9.17) is 23.4 Å². The van der Waals surface area contributed by atoms with Crippen LogP contribution in [0.25, 0.3) is 11.3 Å². The van der Waals surface area contributed by atoms with Crippen molar-refractivity contribution in [2.45, 2.75) is 25.8 Å². The molecule has 3 rings (SSSR count). The molecule has 0 saturated carbocycles. The fourth-order valence-corrected chi connectivity index (χ4v) is 3.27. The molecule has 0 aliphatic carbocycles. The van der Waals surface area contributed by atoms with Gasteiger partial charge in [0.15, 0.2) is 23.7 Å². The highest BCUT2D eigenvalue weighted by molar-refractivity contribution is 6.39. The van der Waals surface area contributed by atoms with Crippen LogP contribution in [0.1, 0.15) is 20.3 Å². The number of hydrogen-bond donors (Lipinski definition) is 2. The number of hydrogen-bond acceptors (Lipinski definition) is 8. The van der Waals surface area contributed by atoms with Crippen LogP contribution in [0.5, 0.6) is 23.0 Å². The summed E-state index contributed by atoms with van der Waals surface area (Å²) in [5.74, 6) is 1.18. The van der Waals surface area contributed by atoms with Crippen LogP contribution in [-0.2, 0) is 9.59 Å². The minimum Gasteiger partial charge on any atom is -0.496 e. The number of benzene rings is 2. The lowest BCUT2D eigenvalue weighted by Gasteiger charge is -2.26. The summed E-state index contributed by atoms with van der Waals surface area (Å²) in [6.45, 7) is 3.93. The first kappa shape index (κ1) is 25.4. The molecule has 0 aliphatic rings. The third-order valence-corrected chi connectivity index (χ3v) is 5.17. The monoisotopic (exact) mass is 483 g/mol. The molecule has 2 N–H and O–H groups in total. The van der Waals surface area contributed by atoms with Gasteiger partial charge in [0.05, 0.1) is 39.7 Å². The number of amides is 2. The van der Waals surface area contributed by atoms with Gasteiger partial charge >= 0.3 is 11.8 Å². The van der Waals surface area contributed by atoms with Crippen molar-refractivity contribution in [1.82, 2.24) is 10.3 Å². The lowest BCUT2D eigenvalue weighted by molar-refractivity contribution is -0.137. The second-order valence-corrected chi connectivity index (χ2v) is 8.19. The van der Waals surface area contributed by atoms with Crippen LogP contribution in [0.4, 0.5) is 5.69 Å². The number of nitrogens with one attached hydrogen (secondary N) is 2. The number of carbonyl (C=O) groups excluding carboxylic acids is 2. The van der Waals surface area contributed by atoms with Crippen LogP contribution in [-0.4, -0.2) is 50.3 Å². The molecule has 35 heavy (non-hydrogen) atoms. The van der Waals surface area contributed by atoms with Gasteiger partial charge in [-0.3, -0.25) is 9.59 Å². The molecule has 10 heteroatoms. The van der Waals surface area contributed by atoms with Crippen molar-refractivity contribution < 1.29 is 33.0 Å². The van der Waals surface area contributed by atoms with E-state index in [0.29, 0.717) is 53.0 Å². The van der Waals surface area contributed by atoms with E-state index in [9.17, 15) is 9.59 Å². The van der Waals surface area contributed by atoms with Crippen LogP contribution in [0, 0.1) is 0 Å². The predicted octanol–water partition coefficient (Wildman–Crippen LogP) is 3.67. The Morgan fingerprint density at radius 2 is 1.69 bits per heavy atom. The molecule has 0 saturated heterocycles. The number of rotatable bonds is 10. The predicted molar refractivity (Wildman–Crippen MR) is 129 cm³/mol. The van der Waals surface area contributed by atoms with Gasteiger partial charge < -0.3 is 34.0 Å². The van der Waals surface area contributed by atoms with Gasteiger partial charge in [0.25, 0.3) is 0 Å². The van der Waals surface area contributed by atoms with Crippen molar-refractivity contribution in [1.29, 1.82) is 0 Å². The summed E-state index contributed by atoms with van der Waals surface area (Å²) in [6.07, 6.45) is 3.33. The highest BCUT2D eigenvalue weighted by atomic mass is 16.5. The lowest BCUT2D eigenvalue weighted by atomic mass is 10.0. The minimum absolute atomic E-state index is 0.310. The maximum Gasteiger partial charge on any atom is 0.313 e. The summed E-state index contributed by atoms with van der Waals surface area (Å²) >= 11 is 0. The zero-order valence-electron chi connectivity index (χ0n) is 20.3. The summed E-state index contributed by atoms with van der Waals surface area (Å²) in [4.78, 5) is 28.9. The highest BCUT2D eigenvalue weighted by Crippen LogP contribution is 2.32. The number of carbonyl (C=O) groups is 2. The van der Waals surface area contributed by atoms with E-state index in [1.165, 1.54) is 13.5 Å². The fraction of sp³-hybridized carbons (Fsp3) is 0.320. The van der Waals surface area contributed by atoms with Crippen LogP contribution < -0.4 is 29.6 Å². The second kappa shape index (κ2) is 11.3. The van der Waals surface area contributed by atoms with Crippen molar-refractivity contribution in [2.24, 2.45) is 0 Å². The van der Waals surface area contributed by atoms with Gasteiger partial charge in [0.1, 0.15) is 11.5 Å². The first-order valence-corrected chi connectivity index (χ1v) is 10.8. The van der Waals surface area contributed by atoms with Gasteiger partial charge in [-0.05, 0) is 38.1 Å². The second-order valence-electron chi connectivity index (χ2n) is 8.19. The van der Waals surface area contributed by atoms with E-state index in [1.807, 2.05) is 13.8 Å². The Morgan fingerprint density at radius 1 is 0.943 bits per heavy atom. The SMILES string of the molecule is COc1ccc(OCCC(C)(C)NC(=O)C(=O)Nc2ccc(-c3cnco3)c(OC)c2)cc1OC. The van der Waals surface area contributed by atoms with Crippen LogP contribution in [0.2, 0.25) is 0 Å². The summed E-state index contributed by atoms with van der Waals surface area (Å²) in [5, 5.41) is 5.32. The Hall–Kier alpha value is -4.21. The van der Waals surface area contributed by atoms with Crippen molar-refractivity contribution >= 4 is 17.5 Å². The van der Waals surface area contributed by atoms with E-state index in [-0.39, 0.29) is 0 Å². The zero-order valence-corrected chi connectivity index (χ0v) is 20.3. The fourth-order valence-electron chi connectivity index (χ4n) is 3.27. The molecule has 0 radical (unpaired) electrons. The van der Waals surface area contributed by atoms with Crippen LogP contribution in [0.15, 0.2) is 53.4 Å². The molecule has 186 valence electrons. The molecule has 0 spiro atoms. The Labute approximate surface area is 203 Å². The molecule has 0 atom stereocenters. The topological polar surface area (TPSA) is 121 Å². The Morgan fingerprint density at radius 3 is 2.34 bits per heavy atom. The molecule has 10 nitrogen and oxygen atoms in total. The molecular formula is C25H29N3O7. The average molecular weight is 484 g/mol. The number of methoxy groups -OCH3 is 3. The third kappa shape index (κ3) is 6.66. The molecular weight excluding hydrogens is 454 g/mol. The standard InChI is InChI=1S/C25H29N3O7/c1-25(2,10-11-34-17-7-9-19(31-3)21(13-17)33-5)28-24(30)23(29)27-16-6-8-18(20(12-16)32-4)22-14-26-15-35-22/h6-9,12-15H,10-11H2,1-5H3,(H,27,29)(H,28,30). The summed E-state index contributed by atoms with van der Waals surface area (Å²) in [5.41, 5.74) is 0.377. The zero-order chi connectivity index (χ0) is 25.4. The van der Waals surface area contributed by atoms with Gasteiger partial charge in [-0.15, -0.1) is 0 Å². The maximum atomic E-state index is 12.5. The summed E-state index contributed by atoms with van der Waals surface area (Å²) in [6, 6.07) is 10.2. The van der Waals surface area contributed by atoms with Crippen LogP contribution in [0.3, 0.4) is 0 Å². The summed E-state index contributed by atoms with van der Waals surface area (Å²) in [7, 11) is 4.61. The molecule has 0 aliphatic heterocycles. The normalized spacial score (nSPS) is 10.9. The van der Waals surface area contributed by atoms with Crippen molar-refractivity contribution in [3.63, 3.8) is 0 Å². The van der Waals surface area contributed by atoms with Gasteiger partial charge in [0.2, 0.25) is 0 Å². The van der Waals surface area contributed by atoms with Crippen molar-refractivity contribution in [3.05, 3.63) is 49.0 Å². The van der Waals surface area contributed by atoms with E-state index < -0.39 is 17.4 Å². The first-order chi connectivity index (χ1) is 16.8. The van der Waals surface area contributed by atoms with Gasteiger partial charge in [-0.25, -0.2) is 4.98 Å². The number of anilines is 1. The molecule has 0 bridgehead atoms. The first-order valence-electron chi connectivity index (χ1n) is 10.8. The molecule has 3 aromatic rings. The smallest absolute Gasteiger partial charge is 0.313 e. The molecule has 1 aromatic heterocycles. The Bertz CT molecular complexity index is 1160. The van der Waals surface area contributed by atoms with Crippen molar-refractivity contribution in [2.75, 3.05) is 33.3 Å². The molecule has 0 unspecified atom stereocenters. The molecule has 2 aromatic carbocycles. The van der Waals surface area contributed by atoms with Gasteiger partial charge in [-0.1, -0.05) is 0 Å². The minimum atomic E-state index is -0.798. The quantitative estimate of drug-likeness (QED) is 0.419. The van der Waals surface area contributed by atoms with E-state index >= 15 is 0 Å². The third-order valence-electron chi connectivity index (χ3n) is 5.17. The largest absolute Gasteiger partial charge is 0.496 e. The molecule has 0 fully saturated rings. The van der Waals surface area contributed by atoms with E-state index in [1.54, 1.807) is 56.8 Å². The Balaban J connectivity index is 1.54. The molecule has 1 heterocycles. The van der Waals surface area contributed by atoms with Gasteiger partial charge in [-0.2, -0.15) is 0 Å². The van der Waals surface area contributed by atoms with Crippen molar-refractivity contribution in [3.8, 4) is 34.3 Å². The van der Waals surface area contributed by atoms with E-state index in [0.717, 1.165) is 0 Å². The lowest BCUT2D eigenvalue weighted by Crippen LogP contribution is -2.48. The summed E-state index contributed by atoms with van der Waals surface area (Å²) < 4.78 is 26.9. The highest BCUT2D eigenvalue weighted by Gasteiger charge is 2.25. The average Bonchev–Trinajstić information content (AvgIpc) is 3.38. The van der Waals surface area contributed by atoms with E-state index in [2.05, 4.69) is 15.6 Å². The number of nitrogens with zero attached hydrogens (tertiary/aromatic N) is 1. The number of ether oxygens (including phenoxy) is 4. The van der Waals surface area contributed by atoms with Crippen LogP contribution >= 0.6 is 0 Å². The molecule has 2 amide bonds. The number of oxazole rings is 1. The number of aromatic nitrogens is 1. The Kier molecular flexibility index (Phi) is 8.19. The van der Waals surface area contributed by atoms with Gasteiger partial charge in [0, 0.05) is 29.8 Å². The maximum absolute atomic E-state index is 12.5.